The van der Waals surface area contributed by atoms with Crippen LogP contribution in [0.25, 0.3) is 21.8 Å². The highest BCUT2D eigenvalue weighted by Gasteiger charge is 2.48. The second-order valence-corrected chi connectivity index (χ2v) is 17.9. The molecule has 3 heterocycles. The van der Waals surface area contributed by atoms with E-state index >= 15 is 0 Å². The minimum absolute atomic E-state index is 0.525. The summed E-state index contributed by atoms with van der Waals surface area (Å²) in [5.41, 5.74) is 18.4. The zero-order valence-corrected chi connectivity index (χ0v) is 37.3. The number of para-hydroxylation sites is 4. The monoisotopic (exact) mass is 857 g/mol. The van der Waals surface area contributed by atoms with Crippen molar-refractivity contribution in [2.75, 3.05) is 9.80 Å². The Morgan fingerprint density at radius 2 is 0.567 bits per heavy atom. The molecule has 318 valence electrons. The zero-order chi connectivity index (χ0) is 44.5. The van der Waals surface area contributed by atoms with E-state index in [1.54, 1.807) is 0 Å². The Bertz CT molecular complexity index is 3210. The van der Waals surface area contributed by atoms with Crippen LogP contribution in [-0.4, -0.2) is 4.57 Å². The third kappa shape index (κ3) is 5.52. The van der Waals surface area contributed by atoms with E-state index in [0.717, 1.165) is 17.9 Å². The lowest BCUT2D eigenvalue weighted by Gasteiger charge is -2.46. The molecule has 0 aliphatic carbocycles. The number of anilines is 6. The predicted molar refractivity (Wildman–Crippen MR) is 278 cm³/mol. The molecule has 13 rings (SSSR count). The Morgan fingerprint density at radius 1 is 0.299 bits per heavy atom. The molecule has 1 aromatic heterocycles. The summed E-state index contributed by atoms with van der Waals surface area (Å²) in [4.78, 5) is 4.99. The highest BCUT2D eigenvalue weighted by atomic mass is 15.2. The third-order valence-corrected chi connectivity index (χ3v) is 14.7. The highest BCUT2D eigenvalue weighted by Crippen LogP contribution is 2.60. The normalized spacial score (nSPS) is 14.3. The van der Waals surface area contributed by atoms with Crippen LogP contribution in [0.5, 0.6) is 0 Å². The van der Waals surface area contributed by atoms with Crippen LogP contribution < -0.4 is 9.80 Å². The molecule has 0 saturated heterocycles. The van der Waals surface area contributed by atoms with Gasteiger partial charge in [-0.3, -0.25) is 0 Å². The SMILES string of the molecule is CCn1c2ccc(N3c4ccccc4C(c4ccccc4)(c4ccccc4)c4ccccc43)cc2c2cc(N3c4ccccc4C(c4ccccc4)(c4ccccc4)c4ccccc43)ccc21. The maximum Gasteiger partial charge on any atom is 0.0742 e. The maximum atomic E-state index is 2.50. The van der Waals surface area contributed by atoms with Crippen LogP contribution in [-0.2, 0) is 17.4 Å². The summed E-state index contributed by atoms with van der Waals surface area (Å²) < 4.78 is 2.47. The quantitative estimate of drug-likeness (QED) is 0.158. The van der Waals surface area contributed by atoms with Crippen molar-refractivity contribution in [1.82, 2.24) is 4.57 Å². The summed E-state index contributed by atoms with van der Waals surface area (Å²) in [6.07, 6.45) is 0. The van der Waals surface area contributed by atoms with Crippen molar-refractivity contribution in [2.45, 2.75) is 24.3 Å². The highest BCUT2D eigenvalue weighted by molar-refractivity contribution is 6.11. The molecule has 10 aromatic carbocycles. The molecule has 11 aromatic rings. The van der Waals surface area contributed by atoms with Gasteiger partial charge in [-0.15, -0.1) is 0 Å². The topological polar surface area (TPSA) is 11.4 Å². The summed E-state index contributed by atoms with van der Waals surface area (Å²) in [7, 11) is 0. The molecule has 0 bridgehead atoms. The Labute approximate surface area is 392 Å². The largest absolute Gasteiger partial charge is 0.341 e. The van der Waals surface area contributed by atoms with Gasteiger partial charge in [0.25, 0.3) is 0 Å². The zero-order valence-electron chi connectivity index (χ0n) is 37.3. The van der Waals surface area contributed by atoms with Crippen molar-refractivity contribution >= 4 is 55.9 Å². The summed E-state index contributed by atoms with van der Waals surface area (Å²) in [5, 5.41) is 2.46. The molecular weight excluding hydrogens is 811 g/mol. The van der Waals surface area contributed by atoms with Crippen LogP contribution in [0.2, 0.25) is 0 Å². The second-order valence-electron chi connectivity index (χ2n) is 17.9. The van der Waals surface area contributed by atoms with Crippen molar-refractivity contribution in [3.63, 3.8) is 0 Å². The number of hydrogen-bond donors (Lipinski definition) is 0. The van der Waals surface area contributed by atoms with E-state index < -0.39 is 10.8 Å². The van der Waals surface area contributed by atoms with Crippen molar-refractivity contribution < 1.29 is 0 Å². The van der Waals surface area contributed by atoms with Crippen LogP contribution in [0.15, 0.2) is 255 Å². The fourth-order valence-electron chi connectivity index (χ4n) is 12.1. The van der Waals surface area contributed by atoms with E-state index in [4.69, 9.17) is 0 Å². The standard InChI is InChI=1S/C64H47N3/c1-2-65-57-41-39-49(66-59-35-19-15-31-53(59)63(45-23-7-3-8-24-45,46-25-9-4-10-26-46)54-32-16-20-36-60(54)66)43-51(57)52-44-50(40-42-58(52)65)67-61-37-21-17-33-55(61)64(47-27-11-5-12-28-47,48-29-13-6-14-30-48)56-34-18-22-38-62(56)67/h3-44H,2H2,1H3. The molecule has 0 atom stereocenters. The van der Waals surface area contributed by atoms with Crippen LogP contribution in [0, 0.1) is 0 Å². The lowest BCUT2D eigenvalue weighted by Crippen LogP contribution is -2.37. The number of benzene rings is 10. The molecule has 0 spiro atoms. The molecule has 2 aliphatic rings. The van der Waals surface area contributed by atoms with Crippen LogP contribution in [0.3, 0.4) is 0 Å². The van der Waals surface area contributed by atoms with Crippen LogP contribution in [0.1, 0.15) is 51.4 Å². The first-order chi connectivity index (χ1) is 33.2. The van der Waals surface area contributed by atoms with Gasteiger partial charge in [-0.25, -0.2) is 0 Å². The molecule has 0 unspecified atom stereocenters. The van der Waals surface area contributed by atoms with Gasteiger partial charge in [-0.2, -0.15) is 0 Å². The first-order valence-electron chi connectivity index (χ1n) is 23.5. The number of rotatable bonds is 7. The van der Waals surface area contributed by atoms with Gasteiger partial charge >= 0.3 is 0 Å². The van der Waals surface area contributed by atoms with Gasteiger partial charge in [0.15, 0.2) is 0 Å². The van der Waals surface area contributed by atoms with Crippen LogP contribution in [0.4, 0.5) is 34.1 Å². The maximum absolute atomic E-state index is 2.50. The fourth-order valence-corrected chi connectivity index (χ4v) is 12.1. The molecule has 0 fully saturated rings. The average Bonchev–Trinajstić information content (AvgIpc) is 3.72. The number of fused-ring (bicyclic) bond motifs is 7. The number of aromatic nitrogens is 1. The van der Waals surface area contributed by atoms with Gasteiger partial charge in [-0.1, -0.05) is 194 Å². The predicted octanol–water partition coefficient (Wildman–Crippen LogP) is 16.1. The molecular formula is C64H47N3. The molecule has 0 N–H and O–H groups in total. The molecule has 0 radical (unpaired) electrons. The smallest absolute Gasteiger partial charge is 0.0742 e. The molecule has 67 heavy (non-hydrogen) atoms. The van der Waals surface area contributed by atoms with Gasteiger partial charge < -0.3 is 14.4 Å². The number of hydrogen-bond acceptors (Lipinski definition) is 2. The van der Waals surface area contributed by atoms with Crippen LogP contribution >= 0.6 is 0 Å². The van der Waals surface area contributed by atoms with E-state index in [9.17, 15) is 0 Å². The Morgan fingerprint density at radius 3 is 0.851 bits per heavy atom. The van der Waals surface area contributed by atoms with Crippen molar-refractivity contribution in [3.8, 4) is 0 Å². The Kier molecular flexibility index (Phi) is 8.94. The van der Waals surface area contributed by atoms with E-state index in [2.05, 4.69) is 276 Å². The Hall–Kier alpha value is -8.40. The van der Waals surface area contributed by atoms with E-state index in [1.165, 1.54) is 89.1 Å². The van der Waals surface area contributed by atoms with Gasteiger partial charge in [-0.05, 0) is 112 Å². The Balaban J connectivity index is 1.03. The lowest BCUT2D eigenvalue weighted by molar-refractivity contribution is 0.731. The van der Waals surface area contributed by atoms with Crippen molar-refractivity contribution in [2.24, 2.45) is 0 Å². The van der Waals surface area contributed by atoms with Gasteiger partial charge in [0.2, 0.25) is 0 Å². The molecule has 3 nitrogen and oxygen atoms in total. The minimum atomic E-state index is -0.525. The summed E-state index contributed by atoms with van der Waals surface area (Å²) in [6, 6.07) is 94.5. The molecule has 3 heteroatoms. The lowest BCUT2D eigenvalue weighted by atomic mass is 9.62. The first kappa shape index (κ1) is 39.0. The molecule has 2 aliphatic heterocycles. The second kappa shape index (κ2) is 15.4. The minimum Gasteiger partial charge on any atom is -0.341 e. The van der Waals surface area contributed by atoms with E-state index in [1.807, 2.05) is 0 Å². The van der Waals surface area contributed by atoms with E-state index in [0.29, 0.717) is 0 Å². The average molecular weight is 858 g/mol. The van der Waals surface area contributed by atoms with Crippen molar-refractivity contribution in [3.05, 3.63) is 299 Å². The van der Waals surface area contributed by atoms with Gasteiger partial charge in [0.1, 0.15) is 0 Å². The van der Waals surface area contributed by atoms with Crippen molar-refractivity contribution in [1.29, 1.82) is 0 Å². The van der Waals surface area contributed by atoms with Gasteiger partial charge in [0, 0.05) is 39.7 Å². The summed E-state index contributed by atoms with van der Waals surface area (Å²) >= 11 is 0. The molecule has 0 saturated carbocycles. The molecule has 0 amide bonds. The summed E-state index contributed by atoms with van der Waals surface area (Å²) in [5.74, 6) is 0. The number of nitrogens with zero attached hydrogens (tertiary/aromatic N) is 3. The first-order valence-corrected chi connectivity index (χ1v) is 23.5. The number of aryl methyl sites for hydroxylation is 1. The van der Waals surface area contributed by atoms with E-state index in [-0.39, 0.29) is 0 Å². The van der Waals surface area contributed by atoms with Gasteiger partial charge in [0.05, 0.1) is 33.6 Å². The summed E-state index contributed by atoms with van der Waals surface area (Å²) in [6.45, 7) is 3.12. The third-order valence-electron chi connectivity index (χ3n) is 14.7. The fraction of sp³-hybridized carbons (Fsp3) is 0.0625.